The maximum Gasteiger partial charge on any atom is 0.131 e. The Morgan fingerprint density at radius 2 is 0.919 bits per heavy atom. The van der Waals surface area contributed by atoms with Gasteiger partial charge in [-0.15, -0.1) is 0 Å². The van der Waals surface area contributed by atoms with E-state index in [1.807, 2.05) is 72.8 Å². The summed E-state index contributed by atoms with van der Waals surface area (Å²) in [5, 5.41) is 19.2. The molecule has 0 aromatic heterocycles. The van der Waals surface area contributed by atoms with Crippen molar-refractivity contribution in [2.45, 2.75) is 25.7 Å². The molecule has 188 valence electrons. The monoisotopic (exact) mass is 494 g/mol. The highest BCUT2D eigenvalue weighted by atomic mass is 16.5. The second-order valence-corrected chi connectivity index (χ2v) is 9.96. The summed E-state index contributed by atoms with van der Waals surface area (Å²) >= 11 is 0. The van der Waals surface area contributed by atoms with Gasteiger partial charge >= 0.3 is 0 Å². The fourth-order valence-corrected chi connectivity index (χ4v) is 5.45. The molecule has 37 heavy (non-hydrogen) atoms. The van der Waals surface area contributed by atoms with Gasteiger partial charge in [0, 0.05) is 25.3 Å². The Morgan fingerprint density at radius 1 is 0.514 bits per heavy atom. The van der Waals surface area contributed by atoms with E-state index >= 15 is 0 Å². The number of benzene rings is 4. The molecule has 5 nitrogen and oxygen atoms in total. The van der Waals surface area contributed by atoms with Crippen molar-refractivity contribution < 1.29 is 24.4 Å². The van der Waals surface area contributed by atoms with Crippen LogP contribution in [-0.4, -0.2) is 23.4 Å². The minimum atomic E-state index is 0.191. The zero-order valence-electron chi connectivity index (χ0n) is 20.6. The van der Waals surface area contributed by atoms with E-state index in [0.29, 0.717) is 23.0 Å². The first-order chi connectivity index (χ1) is 18.2. The molecule has 2 aliphatic rings. The lowest BCUT2D eigenvalue weighted by Crippen LogP contribution is -2.04. The minimum Gasteiger partial charge on any atom is -0.457 e. The number of ether oxygens (including phenoxy) is 3. The van der Waals surface area contributed by atoms with Crippen LogP contribution < -0.4 is 14.2 Å². The van der Waals surface area contributed by atoms with Crippen molar-refractivity contribution in [2.24, 2.45) is 11.8 Å². The predicted octanol–water partition coefficient (Wildman–Crippen LogP) is 6.48. The van der Waals surface area contributed by atoms with Crippen molar-refractivity contribution in [3.63, 3.8) is 0 Å². The summed E-state index contributed by atoms with van der Waals surface area (Å²) < 4.78 is 18.7. The number of hydrogen-bond acceptors (Lipinski definition) is 5. The molecule has 6 rings (SSSR count). The van der Waals surface area contributed by atoms with Crippen LogP contribution in [0.3, 0.4) is 0 Å². The SMILES string of the molecule is OCC1Cc2cccc(Oc3cccc(Oc4cccc(Oc5cccc6c5CC(CO)C6)c4)c3)c2C1. The summed E-state index contributed by atoms with van der Waals surface area (Å²) in [6.07, 6.45) is 3.43. The van der Waals surface area contributed by atoms with Gasteiger partial charge in [-0.25, -0.2) is 0 Å². The fraction of sp³-hybridized carbons (Fsp3) is 0.250. The molecule has 2 unspecified atom stereocenters. The van der Waals surface area contributed by atoms with E-state index in [4.69, 9.17) is 14.2 Å². The Hall–Kier alpha value is -3.80. The molecule has 0 heterocycles. The van der Waals surface area contributed by atoms with Gasteiger partial charge in [0.2, 0.25) is 0 Å². The summed E-state index contributed by atoms with van der Waals surface area (Å²) in [5.74, 6) is 4.92. The van der Waals surface area contributed by atoms with Crippen molar-refractivity contribution >= 4 is 0 Å². The molecule has 0 radical (unpaired) electrons. The van der Waals surface area contributed by atoms with Gasteiger partial charge in [0.1, 0.15) is 34.5 Å². The van der Waals surface area contributed by atoms with Gasteiger partial charge in [-0.3, -0.25) is 0 Å². The number of fused-ring (bicyclic) bond motifs is 2. The van der Waals surface area contributed by atoms with Crippen molar-refractivity contribution in [1.29, 1.82) is 0 Å². The second-order valence-electron chi connectivity index (χ2n) is 9.96. The summed E-state index contributed by atoms with van der Waals surface area (Å²) in [4.78, 5) is 0. The van der Waals surface area contributed by atoms with Gasteiger partial charge in [0.15, 0.2) is 0 Å². The normalized spacial score (nSPS) is 17.8. The molecule has 0 amide bonds. The average Bonchev–Trinajstić information content (AvgIpc) is 3.54. The van der Waals surface area contributed by atoms with Gasteiger partial charge in [-0.2, -0.15) is 0 Å². The highest BCUT2D eigenvalue weighted by molar-refractivity contribution is 5.49. The molecule has 0 saturated carbocycles. The fourth-order valence-electron chi connectivity index (χ4n) is 5.45. The van der Waals surface area contributed by atoms with E-state index in [1.165, 1.54) is 22.3 Å². The molecule has 2 atom stereocenters. The topological polar surface area (TPSA) is 68.2 Å². The summed E-state index contributed by atoms with van der Waals surface area (Å²) in [5.41, 5.74) is 4.85. The second kappa shape index (κ2) is 10.3. The van der Waals surface area contributed by atoms with Crippen LogP contribution in [-0.2, 0) is 25.7 Å². The lowest BCUT2D eigenvalue weighted by Gasteiger charge is -2.13. The van der Waals surface area contributed by atoms with Crippen LogP contribution in [0.5, 0.6) is 34.5 Å². The van der Waals surface area contributed by atoms with Crippen LogP contribution in [0.25, 0.3) is 0 Å². The van der Waals surface area contributed by atoms with E-state index in [1.54, 1.807) is 0 Å². The first-order valence-electron chi connectivity index (χ1n) is 12.9. The van der Waals surface area contributed by atoms with Crippen molar-refractivity contribution in [3.8, 4) is 34.5 Å². The zero-order valence-corrected chi connectivity index (χ0v) is 20.6. The van der Waals surface area contributed by atoms with Crippen molar-refractivity contribution in [1.82, 2.24) is 0 Å². The quantitative estimate of drug-likeness (QED) is 0.294. The maximum absolute atomic E-state index is 9.58. The third-order valence-corrected chi connectivity index (χ3v) is 7.28. The smallest absolute Gasteiger partial charge is 0.131 e. The first kappa shape index (κ1) is 23.6. The predicted molar refractivity (Wildman–Crippen MR) is 142 cm³/mol. The molecule has 2 N–H and O–H groups in total. The van der Waals surface area contributed by atoms with Gasteiger partial charge in [-0.1, -0.05) is 36.4 Å². The zero-order chi connectivity index (χ0) is 25.2. The molecule has 4 aromatic carbocycles. The summed E-state index contributed by atoms with van der Waals surface area (Å²) in [6.45, 7) is 0.381. The Balaban J connectivity index is 1.17. The standard InChI is InChI=1S/C32H30O5/c33-19-21-13-23-5-1-11-31(29(23)15-21)36-27-9-3-7-25(17-27)35-26-8-4-10-28(18-26)37-32-12-2-6-24-14-22(20-34)16-30(24)32/h1-12,17-18,21-22,33-34H,13-16,19-20H2. The van der Waals surface area contributed by atoms with E-state index in [0.717, 1.165) is 37.2 Å². The Labute approximate surface area is 216 Å². The van der Waals surface area contributed by atoms with Crippen LogP contribution in [0.4, 0.5) is 0 Å². The number of aliphatic hydroxyl groups is 2. The van der Waals surface area contributed by atoms with Crippen molar-refractivity contribution in [2.75, 3.05) is 13.2 Å². The average molecular weight is 495 g/mol. The minimum absolute atomic E-state index is 0.191. The molecule has 0 spiro atoms. The Bertz CT molecular complexity index is 1310. The van der Waals surface area contributed by atoms with Gasteiger partial charge < -0.3 is 24.4 Å². The molecular weight excluding hydrogens is 464 g/mol. The highest BCUT2D eigenvalue weighted by Gasteiger charge is 2.25. The van der Waals surface area contributed by atoms with Gasteiger partial charge in [0.05, 0.1) is 0 Å². The molecule has 0 aliphatic heterocycles. The molecule has 0 bridgehead atoms. The van der Waals surface area contributed by atoms with Gasteiger partial charge in [0.25, 0.3) is 0 Å². The third-order valence-electron chi connectivity index (χ3n) is 7.28. The molecular formula is C32H30O5. The largest absolute Gasteiger partial charge is 0.457 e. The maximum atomic E-state index is 9.58. The highest BCUT2D eigenvalue weighted by Crippen LogP contribution is 2.39. The van der Waals surface area contributed by atoms with E-state index in [9.17, 15) is 10.2 Å². The third kappa shape index (κ3) is 5.06. The summed E-state index contributed by atoms with van der Waals surface area (Å²) in [6, 6.07) is 27.4. The Kier molecular flexibility index (Phi) is 6.56. The molecule has 0 fully saturated rings. The summed E-state index contributed by atoms with van der Waals surface area (Å²) in [7, 11) is 0. The first-order valence-corrected chi connectivity index (χ1v) is 12.9. The van der Waals surface area contributed by atoms with Crippen molar-refractivity contribution in [3.05, 3.63) is 107 Å². The number of hydrogen-bond donors (Lipinski definition) is 2. The van der Waals surface area contributed by atoms with Crippen LogP contribution >= 0.6 is 0 Å². The van der Waals surface area contributed by atoms with Crippen LogP contribution in [0.2, 0.25) is 0 Å². The lowest BCUT2D eigenvalue weighted by molar-refractivity contribution is 0.232. The number of rotatable bonds is 8. The van der Waals surface area contributed by atoms with Gasteiger partial charge in [-0.05, 0) is 96.2 Å². The molecule has 5 heteroatoms. The van der Waals surface area contributed by atoms with E-state index in [-0.39, 0.29) is 25.0 Å². The molecule has 0 saturated heterocycles. The lowest BCUT2D eigenvalue weighted by atomic mass is 10.1. The van der Waals surface area contributed by atoms with E-state index in [2.05, 4.69) is 12.1 Å². The van der Waals surface area contributed by atoms with Crippen LogP contribution in [0.1, 0.15) is 22.3 Å². The molecule has 4 aromatic rings. The molecule has 2 aliphatic carbocycles. The van der Waals surface area contributed by atoms with E-state index < -0.39 is 0 Å². The number of aliphatic hydroxyl groups excluding tert-OH is 2. The van der Waals surface area contributed by atoms with Crippen LogP contribution in [0.15, 0.2) is 84.9 Å². The van der Waals surface area contributed by atoms with Crippen LogP contribution in [0, 0.1) is 11.8 Å². The Morgan fingerprint density at radius 3 is 1.35 bits per heavy atom.